The summed E-state index contributed by atoms with van der Waals surface area (Å²) in [5, 5.41) is 3.31. The number of fused-ring (bicyclic) bond motifs is 1. The lowest BCUT2D eigenvalue weighted by atomic mass is 9.97. The van der Waals surface area contributed by atoms with Crippen LogP contribution in [0.4, 0.5) is 14.5 Å². The molecule has 1 heterocycles. The molecule has 0 fully saturated rings. The standard InChI is InChI=1S/C15H13F2N/c16-12-5-6-13(14(17)9-12)11-4-3-10-2-1-7-18-15(10)8-11/h3-6,8-9,18H,1-2,7H2. The molecule has 1 aliphatic heterocycles. The highest BCUT2D eigenvalue weighted by atomic mass is 19.1. The van der Waals surface area contributed by atoms with Crippen molar-refractivity contribution in [2.24, 2.45) is 0 Å². The van der Waals surface area contributed by atoms with E-state index in [0.29, 0.717) is 5.56 Å². The molecule has 0 saturated heterocycles. The van der Waals surface area contributed by atoms with E-state index in [0.717, 1.165) is 36.7 Å². The number of hydrogen-bond donors (Lipinski definition) is 1. The van der Waals surface area contributed by atoms with Crippen molar-refractivity contribution in [2.45, 2.75) is 12.8 Å². The van der Waals surface area contributed by atoms with Crippen LogP contribution in [0.2, 0.25) is 0 Å². The second-order valence-corrected chi connectivity index (χ2v) is 4.53. The van der Waals surface area contributed by atoms with E-state index in [2.05, 4.69) is 5.32 Å². The second kappa shape index (κ2) is 4.41. The average molecular weight is 245 g/mol. The van der Waals surface area contributed by atoms with Crippen LogP contribution in [0.25, 0.3) is 11.1 Å². The fourth-order valence-electron chi connectivity index (χ4n) is 2.35. The van der Waals surface area contributed by atoms with E-state index in [9.17, 15) is 8.78 Å². The van der Waals surface area contributed by atoms with Crippen molar-refractivity contribution in [1.82, 2.24) is 0 Å². The summed E-state index contributed by atoms with van der Waals surface area (Å²) in [6.45, 7) is 0.947. The molecule has 0 aromatic heterocycles. The van der Waals surface area contributed by atoms with Crippen LogP contribution in [0.5, 0.6) is 0 Å². The first kappa shape index (κ1) is 11.2. The third-order valence-corrected chi connectivity index (χ3v) is 3.29. The number of rotatable bonds is 1. The first-order valence-electron chi connectivity index (χ1n) is 6.06. The Balaban J connectivity index is 2.06. The third kappa shape index (κ3) is 1.96. The van der Waals surface area contributed by atoms with Gasteiger partial charge in [-0.1, -0.05) is 12.1 Å². The van der Waals surface area contributed by atoms with E-state index < -0.39 is 11.6 Å². The van der Waals surface area contributed by atoms with Gasteiger partial charge in [-0.15, -0.1) is 0 Å². The largest absolute Gasteiger partial charge is 0.385 e. The lowest BCUT2D eigenvalue weighted by molar-refractivity contribution is 0.585. The summed E-state index contributed by atoms with van der Waals surface area (Å²) in [5.74, 6) is -1.07. The molecule has 0 amide bonds. The number of aryl methyl sites for hydroxylation is 1. The fourth-order valence-corrected chi connectivity index (χ4v) is 2.35. The lowest BCUT2D eigenvalue weighted by Crippen LogP contribution is -2.11. The molecule has 92 valence electrons. The molecule has 2 aromatic carbocycles. The first-order valence-corrected chi connectivity index (χ1v) is 6.06. The quantitative estimate of drug-likeness (QED) is 0.801. The summed E-state index contributed by atoms with van der Waals surface area (Å²) < 4.78 is 26.6. The predicted molar refractivity (Wildman–Crippen MR) is 68.6 cm³/mol. The van der Waals surface area contributed by atoms with Crippen LogP contribution >= 0.6 is 0 Å². The van der Waals surface area contributed by atoms with E-state index in [1.54, 1.807) is 0 Å². The Morgan fingerprint density at radius 3 is 2.72 bits per heavy atom. The van der Waals surface area contributed by atoms with Gasteiger partial charge in [0.25, 0.3) is 0 Å². The van der Waals surface area contributed by atoms with Gasteiger partial charge in [0, 0.05) is 23.9 Å². The summed E-state index contributed by atoms with van der Waals surface area (Å²) in [5.41, 5.74) is 3.53. The predicted octanol–water partition coefficient (Wildman–Crippen LogP) is 3.99. The van der Waals surface area contributed by atoms with Crippen LogP contribution in [0.15, 0.2) is 36.4 Å². The van der Waals surface area contributed by atoms with Gasteiger partial charge in [0.15, 0.2) is 0 Å². The van der Waals surface area contributed by atoms with Crippen LogP contribution in [0, 0.1) is 11.6 Å². The van der Waals surface area contributed by atoms with Gasteiger partial charge in [0.05, 0.1) is 0 Å². The topological polar surface area (TPSA) is 12.0 Å². The highest BCUT2D eigenvalue weighted by Gasteiger charge is 2.11. The van der Waals surface area contributed by atoms with Crippen molar-refractivity contribution in [3.63, 3.8) is 0 Å². The Morgan fingerprint density at radius 1 is 1.00 bits per heavy atom. The van der Waals surface area contributed by atoms with Gasteiger partial charge in [-0.3, -0.25) is 0 Å². The molecule has 0 aliphatic carbocycles. The van der Waals surface area contributed by atoms with Crippen LogP contribution in [0.1, 0.15) is 12.0 Å². The van der Waals surface area contributed by atoms with E-state index in [1.165, 1.54) is 17.7 Å². The summed E-state index contributed by atoms with van der Waals surface area (Å²) in [7, 11) is 0. The van der Waals surface area contributed by atoms with Crippen LogP contribution in [0.3, 0.4) is 0 Å². The zero-order valence-electron chi connectivity index (χ0n) is 9.84. The third-order valence-electron chi connectivity index (χ3n) is 3.29. The van der Waals surface area contributed by atoms with Gasteiger partial charge in [0.2, 0.25) is 0 Å². The Labute approximate surface area is 104 Å². The molecule has 1 nitrogen and oxygen atoms in total. The fraction of sp³-hybridized carbons (Fsp3) is 0.200. The van der Waals surface area contributed by atoms with Crippen LogP contribution in [-0.4, -0.2) is 6.54 Å². The zero-order valence-corrected chi connectivity index (χ0v) is 9.84. The Morgan fingerprint density at radius 2 is 1.89 bits per heavy atom. The molecule has 0 bridgehead atoms. The van der Waals surface area contributed by atoms with E-state index in [-0.39, 0.29) is 0 Å². The van der Waals surface area contributed by atoms with Gasteiger partial charge in [0.1, 0.15) is 11.6 Å². The first-order chi connectivity index (χ1) is 8.74. The molecule has 18 heavy (non-hydrogen) atoms. The minimum Gasteiger partial charge on any atom is -0.385 e. The summed E-state index contributed by atoms with van der Waals surface area (Å²) >= 11 is 0. The van der Waals surface area contributed by atoms with E-state index in [4.69, 9.17) is 0 Å². The van der Waals surface area contributed by atoms with Crippen LogP contribution in [-0.2, 0) is 6.42 Å². The molecule has 0 saturated carbocycles. The lowest BCUT2D eigenvalue weighted by Gasteiger charge is -2.18. The van der Waals surface area contributed by atoms with Gasteiger partial charge in [-0.05, 0) is 42.2 Å². The van der Waals surface area contributed by atoms with Gasteiger partial charge in [-0.2, -0.15) is 0 Å². The summed E-state index contributed by atoms with van der Waals surface area (Å²) in [4.78, 5) is 0. The van der Waals surface area contributed by atoms with Crippen molar-refractivity contribution in [1.29, 1.82) is 0 Å². The molecular formula is C15H13F2N. The van der Waals surface area contributed by atoms with Crippen LogP contribution < -0.4 is 5.32 Å². The molecule has 0 radical (unpaired) electrons. The van der Waals surface area contributed by atoms with Crippen molar-refractivity contribution >= 4 is 5.69 Å². The Bertz CT molecular complexity index is 593. The van der Waals surface area contributed by atoms with Gasteiger partial charge < -0.3 is 5.32 Å². The number of hydrogen-bond acceptors (Lipinski definition) is 1. The smallest absolute Gasteiger partial charge is 0.133 e. The maximum absolute atomic E-state index is 13.7. The maximum Gasteiger partial charge on any atom is 0.133 e. The molecule has 1 aliphatic rings. The van der Waals surface area contributed by atoms with E-state index in [1.807, 2.05) is 18.2 Å². The molecule has 0 atom stereocenters. The number of anilines is 1. The minimum atomic E-state index is -0.549. The minimum absolute atomic E-state index is 0.437. The maximum atomic E-state index is 13.7. The molecule has 0 spiro atoms. The number of nitrogens with one attached hydrogen (secondary N) is 1. The normalized spacial score (nSPS) is 13.9. The highest BCUT2D eigenvalue weighted by Crippen LogP contribution is 2.30. The number of halogens is 2. The zero-order chi connectivity index (χ0) is 12.5. The molecule has 0 unspecified atom stereocenters. The monoisotopic (exact) mass is 245 g/mol. The Kier molecular flexibility index (Phi) is 2.74. The average Bonchev–Trinajstić information content (AvgIpc) is 2.38. The molecule has 3 heteroatoms. The molecule has 1 N–H and O–H groups in total. The van der Waals surface area contributed by atoms with Gasteiger partial charge in [-0.25, -0.2) is 8.78 Å². The molecule has 2 aromatic rings. The van der Waals surface area contributed by atoms with Crippen molar-refractivity contribution in [2.75, 3.05) is 11.9 Å². The van der Waals surface area contributed by atoms with Crippen molar-refractivity contribution < 1.29 is 8.78 Å². The summed E-state index contributed by atoms with van der Waals surface area (Å²) in [6.07, 6.45) is 2.17. The summed E-state index contributed by atoms with van der Waals surface area (Å²) in [6, 6.07) is 9.52. The SMILES string of the molecule is Fc1ccc(-c2ccc3c(c2)NCCC3)c(F)c1. The second-order valence-electron chi connectivity index (χ2n) is 4.53. The molecular weight excluding hydrogens is 232 g/mol. The molecule has 3 rings (SSSR count). The van der Waals surface area contributed by atoms with Crippen molar-refractivity contribution in [3.8, 4) is 11.1 Å². The van der Waals surface area contributed by atoms with Gasteiger partial charge >= 0.3 is 0 Å². The number of benzene rings is 2. The Hall–Kier alpha value is -1.90. The van der Waals surface area contributed by atoms with E-state index >= 15 is 0 Å². The highest BCUT2D eigenvalue weighted by molar-refractivity contribution is 5.71. The van der Waals surface area contributed by atoms with Crippen molar-refractivity contribution in [3.05, 3.63) is 53.6 Å².